The van der Waals surface area contributed by atoms with Crippen LogP contribution in [-0.4, -0.2) is 50.6 Å². The number of amides is 1. The maximum Gasteiger partial charge on any atom is 0.223 e. The van der Waals surface area contributed by atoms with E-state index in [1.807, 2.05) is 25.1 Å². The highest BCUT2D eigenvalue weighted by Gasteiger charge is 2.17. The summed E-state index contributed by atoms with van der Waals surface area (Å²) in [4.78, 5) is 17.0. The fourth-order valence-electron chi connectivity index (χ4n) is 3.43. The van der Waals surface area contributed by atoms with E-state index in [2.05, 4.69) is 53.4 Å². The van der Waals surface area contributed by atoms with Gasteiger partial charge in [0.1, 0.15) is 5.75 Å². The van der Waals surface area contributed by atoms with Gasteiger partial charge >= 0.3 is 0 Å². The molecule has 0 unspecified atom stereocenters. The monoisotopic (exact) mass is 381 g/mol. The van der Waals surface area contributed by atoms with Crippen molar-refractivity contribution in [2.45, 2.75) is 26.8 Å². The van der Waals surface area contributed by atoms with Crippen LogP contribution < -0.4 is 15.0 Å². The molecule has 0 spiro atoms. The lowest BCUT2D eigenvalue weighted by molar-refractivity contribution is -0.121. The molecule has 0 radical (unpaired) electrons. The van der Waals surface area contributed by atoms with Gasteiger partial charge in [0.15, 0.2) is 0 Å². The van der Waals surface area contributed by atoms with E-state index in [9.17, 15) is 4.79 Å². The lowest BCUT2D eigenvalue weighted by Gasteiger charge is -2.35. The van der Waals surface area contributed by atoms with Gasteiger partial charge < -0.3 is 19.9 Å². The minimum Gasteiger partial charge on any atom is -0.493 e. The maximum absolute atomic E-state index is 12.3. The molecule has 3 rings (SSSR count). The van der Waals surface area contributed by atoms with Crippen LogP contribution in [0.1, 0.15) is 23.1 Å². The summed E-state index contributed by atoms with van der Waals surface area (Å²) >= 11 is 0. The van der Waals surface area contributed by atoms with Crippen molar-refractivity contribution in [1.82, 2.24) is 10.2 Å². The first-order valence-electron chi connectivity index (χ1n) is 10.0. The van der Waals surface area contributed by atoms with Crippen molar-refractivity contribution in [2.24, 2.45) is 0 Å². The SMILES string of the molecule is Cc1cccc(OCCC(=O)NCc2ccccc2N2CCN(C)CC2)c1C. The number of anilines is 1. The molecule has 0 aliphatic carbocycles. The lowest BCUT2D eigenvalue weighted by atomic mass is 10.1. The van der Waals surface area contributed by atoms with Crippen molar-refractivity contribution in [3.05, 3.63) is 59.2 Å². The minimum absolute atomic E-state index is 0.0125. The van der Waals surface area contributed by atoms with Crippen LogP contribution in [0, 0.1) is 13.8 Å². The van der Waals surface area contributed by atoms with Crippen molar-refractivity contribution >= 4 is 11.6 Å². The molecular formula is C23H31N3O2. The topological polar surface area (TPSA) is 44.8 Å². The van der Waals surface area contributed by atoms with E-state index in [1.54, 1.807) is 0 Å². The predicted molar refractivity (Wildman–Crippen MR) is 114 cm³/mol. The molecule has 1 aliphatic rings. The number of aryl methyl sites for hydroxylation is 1. The van der Waals surface area contributed by atoms with Crippen LogP contribution in [0.15, 0.2) is 42.5 Å². The molecule has 1 fully saturated rings. The first-order chi connectivity index (χ1) is 13.5. The molecular weight excluding hydrogens is 350 g/mol. The van der Waals surface area contributed by atoms with E-state index >= 15 is 0 Å². The summed E-state index contributed by atoms with van der Waals surface area (Å²) in [5.41, 5.74) is 4.71. The molecule has 2 aromatic carbocycles. The minimum atomic E-state index is 0.0125. The molecule has 1 heterocycles. The molecule has 0 aromatic heterocycles. The average Bonchev–Trinajstić information content (AvgIpc) is 2.70. The van der Waals surface area contributed by atoms with E-state index in [4.69, 9.17) is 4.74 Å². The van der Waals surface area contributed by atoms with Gasteiger partial charge in [-0.05, 0) is 49.7 Å². The van der Waals surface area contributed by atoms with E-state index in [0.29, 0.717) is 19.6 Å². The van der Waals surface area contributed by atoms with E-state index in [0.717, 1.165) is 43.1 Å². The Balaban J connectivity index is 1.49. The van der Waals surface area contributed by atoms with Crippen molar-refractivity contribution in [3.63, 3.8) is 0 Å². The highest BCUT2D eigenvalue weighted by Crippen LogP contribution is 2.22. The third-order valence-electron chi connectivity index (χ3n) is 5.45. The summed E-state index contributed by atoms with van der Waals surface area (Å²) < 4.78 is 5.80. The van der Waals surface area contributed by atoms with Crippen LogP contribution in [0.5, 0.6) is 5.75 Å². The van der Waals surface area contributed by atoms with Gasteiger partial charge in [0.05, 0.1) is 13.0 Å². The number of hydrogen-bond acceptors (Lipinski definition) is 4. The number of carbonyl (C=O) groups excluding carboxylic acids is 1. The van der Waals surface area contributed by atoms with Gasteiger partial charge in [-0.1, -0.05) is 30.3 Å². The number of carbonyl (C=O) groups is 1. The highest BCUT2D eigenvalue weighted by molar-refractivity contribution is 5.76. The second kappa shape index (κ2) is 9.60. The molecule has 5 heteroatoms. The lowest BCUT2D eigenvalue weighted by Crippen LogP contribution is -2.45. The Kier molecular flexibility index (Phi) is 6.93. The zero-order valence-electron chi connectivity index (χ0n) is 17.2. The molecule has 5 nitrogen and oxygen atoms in total. The number of likely N-dealkylation sites (N-methyl/N-ethyl adjacent to an activating group) is 1. The van der Waals surface area contributed by atoms with Crippen LogP contribution in [0.3, 0.4) is 0 Å². The number of hydrogen-bond donors (Lipinski definition) is 1. The van der Waals surface area contributed by atoms with E-state index in [-0.39, 0.29) is 5.91 Å². The first-order valence-corrected chi connectivity index (χ1v) is 10.0. The molecule has 28 heavy (non-hydrogen) atoms. The van der Waals surface area contributed by atoms with Gasteiger partial charge in [0, 0.05) is 38.4 Å². The third kappa shape index (κ3) is 5.26. The zero-order chi connectivity index (χ0) is 19.9. The van der Waals surface area contributed by atoms with Crippen molar-refractivity contribution in [3.8, 4) is 5.75 Å². The summed E-state index contributed by atoms with van der Waals surface area (Å²) in [7, 11) is 2.16. The van der Waals surface area contributed by atoms with Crippen LogP contribution in [0.4, 0.5) is 5.69 Å². The van der Waals surface area contributed by atoms with Crippen LogP contribution in [0.2, 0.25) is 0 Å². The summed E-state index contributed by atoms with van der Waals surface area (Å²) in [5.74, 6) is 0.867. The van der Waals surface area contributed by atoms with Gasteiger partial charge in [-0.25, -0.2) is 0 Å². The standard InChI is InChI=1S/C23H31N3O2/c1-18-7-6-10-22(19(18)2)28-16-11-23(27)24-17-20-8-4-5-9-21(20)26-14-12-25(3)13-15-26/h4-10H,11-17H2,1-3H3,(H,24,27). The molecule has 1 N–H and O–H groups in total. The quantitative estimate of drug-likeness (QED) is 0.800. The number of benzene rings is 2. The molecule has 0 bridgehead atoms. The number of ether oxygens (including phenoxy) is 1. The molecule has 1 amide bonds. The Morgan fingerprint density at radius 3 is 2.57 bits per heavy atom. The van der Waals surface area contributed by atoms with Gasteiger partial charge in [-0.2, -0.15) is 0 Å². The third-order valence-corrected chi connectivity index (χ3v) is 5.45. The Morgan fingerprint density at radius 2 is 1.79 bits per heavy atom. The second-order valence-electron chi connectivity index (χ2n) is 7.49. The van der Waals surface area contributed by atoms with Gasteiger partial charge in [0.25, 0.3) is 0 Å². The Morgan fingerprint density at radius 1 is 1.04 bits per heavy atom. The molecule has 2 aromatic rings. The normalized spacial score (nSPS) is 14.8. The van der Waals surface area contributed by atoms with Crippen molar-refractivity contribution in [2.75, 3.05) is 44.7 Å². The van der Waals surface area contributed by atoms with Crippen molar-refractivity contribution < 1.29 is 9.53 Å². The van der Waals surface area contributed by atoms with Crippen LogP contribution >= 0.6 is 0 Å². The second-order valence-corrected chi connectivity index (χ2v) is 7.49. The maximum atomic E-state index is 12.3. The molecule has 150 valence electrons. The fraction of sp³-hybridized carbons (Fsp3) is 0.435. The molecule has 0 atom stereocenters. The Hall–Kier alpha value is -2.53. The molecule has 1 saturated heterocycles. The van der Waals surface area contributed by atoms with E-state index < -0.39 is 0 Å². The van der Waals surface area contributed by atoms with Gasteiger partial charge in [-0.15, -0.1) is 0 Å². The predicted octanol–water partition coefficient (Wildman–Crippen LogP) is 3.14. The van der Waals surface area contributed by atoms with Crippen molar-refractivity contribution in [1.29, 1.82) is 0 Å². The zero-order valence-corrected chi connectivity index (χ0v) is 17.2. The number of rotatable bonds is 7. The Bertz CT molecular complexity index is 798. The van der Waals surface area contributed by atoms with Gasteiger partial charge in [-0.3, -0.25) is 4.79 Å². The highest BCUT2D eigenvalue weighted by atomic mass is 16.5. The van der Waals surface area contributed by atoms with Gasteiger partial charge in [0.2, 0.25) is 5.91 Å². The summed E-state index contributed by atoms with van der Waals surface area (Å²) in [6.45, 7) is 9.21. The average molecular weight is 382 g/mol. The Labute approximate surface area is 168 Å². The molecule has 1 aliphatic heterocycles. The summed E-state index contributed by atoms with van der Waals surface area (Å²) in [6, 6.07) is 14.3. The summed E-state index contributed by atoms with van der Waals surface area (Å²) in [6.07, 6.45) is 0.351. The molecule has 0 saturated carbocycles. The number of nitrogens with one attached hydrogen (secondary N) is 1. The smallest absolute Gasteiger partial charge is 0.223 e. The number of nitrogens with zero attached hydrogens (tertiary/aromatic N) is 2. The summed E-state index contributed by atoms with van der Waals surface area (Å²) in [5, 5.41) is 3.04. The van der Waals surface area contributed by atoms with Crippen LogP contribution in [-0.2, 0) is 11.3 Å². The number of para-hydroxylation sites is 1. The number of piperazine rings is 1. The largest absolute Gasteiger partial charge is 0.493 e. The van der Waals surface area contributed by atoms with Crippen LogP contribution in [0.25, 0.3) is 0 Å². The van der Waals surface area contributed by atoms with E-state index in [1.165, 1.54) is 11.3 Å². The fourth-order valence-corrected chi connectivity index (χ4v) is 3.43. The first kappa shape index (κ1) is 20.2.